The summed E-state index contributed by atoms with van der Waals surface area (Å²) < 4.78 is 26.2. The molecule has 7 nitrogen and oxygen atoms in total. The predicted molar refractivity (Wildman–Crippen MR) is 111 cm³/mol. The molecule has 8 heteroatoms. The van der Waals surface area contributed by atoms with Crippen LogP contribution >= 0.6 is 0 Å². The smallest absolute Gasteiger partial charge is 0.243 e. The maximum absolute atomic E-state index is 12.6. The second-order valence-electron chi connectivity index (χ2n) is 7.48. The van der Waals surface area contributed by atoms with Crippen LogP contribution in [0.1, 0.15) is 49.3 Å². The summed E-state index contributed by atoms with van der Waals surface area (Å²) in [5.74, 6) is -0.711. The summed E-state index contributed by atoms with van der Waals surface area (Å²) in [6.07, 6.45) is 2.53. The Morgan fingerprint density at radius 1 is 1.14 bits per heavy atom. The average molecular weight is 410 g/mol. The summed E-state index contributed by atoms with van der Waals surface area (Å²) in [7, 11) is -3.46. The molecule has 1 aromatic rings. The SMILES string of the molecule is CCCS(=O)(=O)N1CCCC[C@@H]1C(=O)NCC(=O)Nc1c(C)cc(C)cc1C. The average Bonchev–Trinajstić information content (AvgIpc) is 2.62. The van der Waals surface area contributed by atoms with Crippen molar-refractivity contribution < 1.29 is 18.0 Å². The van der Waals surface area contributed by atoms with Crippen LogP contribution in [0.2, 0.25) is 0 Å². The summed E-state index contributed by atoms with van der Waals surface area (Å²) >= 11 is 0. The molecule has 1 heterocycles. The van der Waals surface area contributed by atoms with Gasteiger partial charge >= 0.3 is 0 Å². The highest BCUT2D eigenvalue weighted by Gasteiger charge is 2.36. The van der Waals surface area contributed by atoms with E-state index in [2.05, 4.69) is 10.6 Å². The van der Waals surface area contributed by atoms with E-state index >= 15 is 0 Å². The van der Waals surface area contributed by atoms with Crippen LogP contribution in [-0.4, -0.2) is 49.4 Å². The first-order valence-electron chi connectivity index (χ1n) is 9.80. The van der Waals surface area contributed by atoms with Gasteiger partial charge in [-0.25, -0.2) is 8.42 Å². The fourth-order valence-corrected chi connectivity index (χ4v) is 5.47. The zero-order valence-corrected chi connectivity index (χ0v) is 18.0. The van der Waals surface area contributed by atoms with Crippen molar-refractivity contribution >= 4 is 27.5 Å². The van der Waals surface area contributed by atoms with E-state index in [0.717, 1.165) is 35.2 Å². The molecule has 1 aliphatic rings. The third-order valence-corrected chi connectivity index (χ3v) is 7.02. The van der Waals surface area contributed by atoms with Crippen LogP contribution in [0.5, 0.6) is 0 Å². The van der Waals surface area contributed by atoms with Crippen LogP contribution < -0.4 is 10.6 Å². The minimum atomic E-state index is -3.46. The zero-order valence-electron chi connectivity index (χ0n) is 17.2. The fraction of sp³-hybridized carbons (Fsp3) is 0.600. The molecule has 28 heavy (non-hydrogen) atoms. The highest BCUT2D eigenvalue weighted by Crippen LogP contribution is 2.23. The largest absolute Gasteiger partial charge is 0.346 e. The van der Waals surface area contributed by atoms with Gasteiger partial charge in [0, 0.05) is 12.2 Å². The second kappa shape index (κ2) is 9.52. The molecule has 1 aromatic carbocycles. The van der Waals surface area contributed by atoms with Crippen molar-refractivity contribution in [3.63, 3.8) is 0 Å². The molecule has 2 rings (SSSR count). The van der Waals surface area contributed by atoms with Crippen LogP contribution in [0.25, 0.3) is 0 Å². The molecule has 156 valence electrons. The van der Waals surface area contributed by atoms with E-state index in [1.54, 1.807) is 6.92 Å². The lowest BCUT2D eigenvalue weighted by Crippen LogP contribution is -2.53. The van der Waals surface area contributed by atoms with E-state index in [0.29, 0.717) is 19.4 Å². The lowest BCUT2D eigenvalue weighted by Gasteiger charge is -2.33. The summed E-state index contributed by atoms with van der Waals surface area (Å²) in [6.45, 7) is 7.81. The highest BCUT2D eigenvalue weighted by molar-refractivity contribution is 7.89. The Kier molecular flexibility index (Phi) is 7.60. The number of nitrogens with zero attached hydrogens (tertiary/aromatic N) is 1. The zero-order chi connectivity index (χ0) is 20.9. The lowest BCUT2D eigenvalue weighted by atomic mass is 10.0. The number of carbonyl (C=O) groups is 2. The fourth-order valence-electron chi connectivity index (χ4n) is 3.72. The molecule has 2 amide bonds. The number of anilines is 1. The number of benzene rings is 1. The molecule has 1 fully saturated rings. The molecule has 1 atom stereocenters. The molecule has 0 spiro atoms. The number of aryl methyl sites for hydroxylation is 3. The molecule has 1 saturated heterocycles. The molecule has 0 radical (unpaired) electrons. The van der Waals surface area contributed by atoms with Gasteiger partial charge in [-0.15, -0.1) is 0 Å². The second-order valence-corrected chi connectivity index (χ2v) is 9.52. The van der Waals surface area contributed by atoms with E-state index in [1.807, 2.05) is 32.9 Å². The van der Waals surface area contributed by atoms with Crippen molar-refractivity contribution in [1.82, 2.24) is 9.62 Å². The van der Waals surface area contributed by atoms with Gasteiger partial charge in [-0.3, -0.25) is 9.59 Å². The molecule has 2 N–H and O–H groups in total. The van der Waals surface area contributed by atoms with Gasteiger partial charge in [0.2, 0.25) is 21.8 Å². The minimum absolute atomic E-state index is 0.0310. The van der Waals surface area contributed by atoms with Gasteiger partial charge in [-0.2, -0.15) is 4.31 Å². The Hall–Kier alpha value is -1.93. The third kappa shape index (κ3) is 5.54. The topological polar surface area (TPSA) is 95.6 Å². The highest BCUT2D eigenvalue weighted by atomic mass is 32.2. The van der Waals surface area contributed by atoms with Gasteiger partial charge in [0.15, 0.2) is 0 Å². The van der Waals surface area contributed by atoms with Gasteiger partial charge < -0.3 is 10.6 Å². The molecule has 0 saturated carbocycles. The maximum Gasteiger partial charge on any atom is 0.243 e. The first-order valence-corrected chi connectivity index (χ1v) is 11.4. The van der Waals surface area contributed by atoms with Crippen molar-refractivity contribution in [3.05, 3.63) is 28.8 Å². The molecule has 0 bridgehead atoms. The number of hydrogen-bond acceptors (Lipinski definition) is 4. The van der Waals surface area contributed by atoms with Crippen LogP contribution in [0.4, 0.5) is 5.69 Å². The van der Waals surface area contributed by atoms with Crippen molar-refractivity contribution in [3.8, 4) is 0 Å². The van der Waals surface area contributed by atoms with E-state index in [4.69, 9.17) is 0 Å². The van der Waals surface area contributed by atoms with Crippen LogP contribution in [0.3, 0.4) is 0 Å². The monoisotopic (exact) mass is 409 g/mol. The Balaban J connectivity index is 1.99. The van der Waals surface area contributed by atoms with Crippen molar-refractivity contribution in [2.45, 2.75) is 59.4 Å². The van der Waals surface area contributed by atoms with Gasteiger partial charge in [-0.1, -0.05) is 31.0 Å². The summed E-state index contributed by atoms with van der Waals surface area (Å²) in [5.41, 5.74) is 3.78. The van der Waals surface area contributed by atoms with Gasteiger partial charge in [-0.05, 0) is 51.2 Å². The Bertz CT molecular complexity index is 813. The number of sulfonamides is 1. The number of rotatable bonds is 7. The number of amides is 2. The number of carbonyl (C=O) groups excluding carboxylic acids is 2. The normalized spacial score (nSPS) is 17.9. The molecule has 0 aromatic heterocycles. The predicted octanol–water partition coefficient (Wildman–Crippen LogP) is 2.26. The summed E-state index contributed by atoms with van der Waals surface area (Å²) in [6, 6.07) is 3.24. The first-order chi connectivity index (χ1) is 13.2. The quantitative estimate of drug-likeness (QED) is 0.722. The van der Waals surface area contributed by atoms with E-state index in [-0.39, 0.29) is 18.2 Å². The van der Waals surface area contributed by atoms with E-state index in [9.17, 15) is 18.0 Å². The maximum atomic E-state index is 12.6. The lowest BCUT2D eigenvalue weighted by molar-refractivity contribution is -0.127. The Morgan fingerprint density at radius 3 is 2.39 bits per heavy atom. The van der Waals surface area contributed by atoms with Crippen molar-refractivity contribution in [1.29, 1.82) is 0 Å². The Labute approximate surface area is 167 Å². The van der Waals surface area contributed by atoms with E-state index < -0.39 is 22.0 Å². The molecule has 0 unspecified atom stereocenters. The van der Waals surface area contributed by atoms with Gasteiger partial charge in [0.25, 0.3) is 0 Å². The molecule has 0 aliphatic carbocycles. The first kappa shape index (κ1) is 22.4. The van der Waals surface area contributed by atoms with E-state index in [1.165, 1.54) is 4.31 Å². The minimum Gasteiger partial charge on any atom is -0.346 e. The Morgan fingerprint density at radius 2 is 1.79 bits per heavy atom. The van der Waals surface area contributed by atoms with Crippen molar-refractivity contribution in [2.75, 3.05) is 24.2 Å². The molecular weight excluding hydrogens is 378 g/mol. The third-order valence-electron chi connectivity index (χ3n) is 4.94. The van der Waals surface area contributed by atoms with Crippen LogP contribution in [0.15, 0.2) is 12.1 Å². The molecular formula is C20H31N3O4S. The van der Waals surface area contributed by atoms with Gasteiger partial charge in [0.1, 0.15) is 6.04 Å². The summed E-state index contributed by atoms with van der Waals surface area (Å²) in [4.78, 5) is 24.9. The standard InChI is InChI=1S/C20H31N3O4S/c1-5-10-28(26,27)23-9-7-6-8-17(23)20(25)21-13-18(24)22-19-15(3)11-14(2)12-16(19)4/h11-12,17H,5-10,13H2,1-4H3,(H,21,25)(H,22,24)/t17-/m1/s1. The number of piperidine rings is 1. The molecule has 1 aliphatic heterocycles. The number of nitrogens with one attached hydrogen (secondary N) is 2. The summed E-state index contributed by atoms with van der Waals surface area (Å²) in [5, 5.41) is 5.45. The number of hydrogen-bond donors (Lipinski definition) is 2. The van der Waals surface area contributed by atoms with Crippen molar-refractivity contribution in [2.24, 2.45) is 0 Å². The van der Waals surface area contributed by atoms with Crippen LogP contribution in [0, 0.1) is 20.8 Å². The van der Waals surface area contributed by atoms with Gasteiger partial charge in [0.05, 0.1) is 12.3 Å². The van der Waals surface area contributed by atoms with Crippen LogP contribution in [-0.2, 0) is 19.6 Å².